The molecule has 3 heteroatoms. The van der Waals surface area contributed by atoms with Crippen LogP contribution in [0.15, 0.2) is 0 Å². The fourth-order valence-corrected chi connectivity index (χ4v) is 2.33. The van der Waals surface area contributed by atoms with Crippen molar-refractivity contribution < 1.29 is 0 Å². The quantitative estimate of drug-likeness (QED) is 0.751. The lowest BCUT2D eigenvalue weighted by molar-refractivity contribution is 0.0533. The summed E-state index contributed by atoms with van der Waals surface area (Å²) in [5, 5.41) is 0. The van der Waals surface area contributed by atoms with Gasteiger partial charge in [0, 0.05) is 32.2 Å². The molecule has 2 atom stereocenters. The van der Waals surface area contributed by atoms with E-state index in [0.717, 1.165) is 19.0 Å². The van der Waals surface area contributed by atoms with Crippen LogP contribution in [0, 0.1) is 11.8 Å². The van der Waals surface area contributed by atoms with Gasteiger partial charge in [-0.25, -0.2) is 0 Å². The summed E-state index contributed by atoms with van der Waals surface area (Å²) < 4.78 is 0. The molecule has 0 amide bonds. The molecule has 0 radical (unpaired) electrons. The van der Waals surface area contributed by atoms with Crippen LogP contribution in [0.3, 0.4) is 0 Å². The second-order valence-corrected chi connectivity index (χ2v) is 5.41. The molecule has 1 fully saturated rings. The fourth-order valence-electron chi connectivity index (χ4n) is 2.33. The van der Waals surface area contributed by atoms with Crippen LogP contribution in [-0.4, -0.2) is 55.6 Å². The van der Waals surface area contributed by atoms with Gasteiger partial charge < -0.3 is 10.6 Å². The highest BCUT2D eigenvalue weighted by atomic mass is 15.3. The number of nitrogens with zero attached hydrogens (tertiary/aromatic N) is 2. The van der Waals surface area contributed by atoms with Gasteiger partial charge in [0.2, 0.25) is 0 Å². The van der Waals surface area contributed by atoms with Crippen LogP contribution in [0.1, 0.15) is 20.8 Å². The summed E-state index contributed by atoms with van der Waals surface area (Å²) in [4.78, 5) is 5.07. The van der Waals surface area contributed by atoms with Gasteiger partial charge in [-0.05, 0) is 25.4 Å². The largest absolute Gasteiger partial charge is 0.330 e. The molecule has 90 valence electrons. The molecule has 2 N–H and O–H groups in total. The SMILES string of the molecule is CC(CN)CN1CCN(C)CC1C(C)C. The number of piperazine rings is 1. The summed E-state index contributed by atoms with van der Waals surface area (Å²) in [7, 11) is 2.22. The Balaban J connectivity index is 2.52. The Kier molecular flexibility index (Phi) is 5.03. The van der Waals surface area contributed by atoms with E-state index < -0.39 is 0 Å². The van der Waals surface area contributed by atoms with E-state index in [1.54, 1.807) is 0 Å². The van der Waals surface area contributed by atoms with Gasteiger partial charge in [0.25, 0.3) is 0 Å². The lowest BCUT2D eigenvalue weighted by atomic mass is 9.98. The first-order chi connectivity index (χ1) is 7.04. The van der Waals surface area contributed by atoms with Crippen LogP contribution in [0.2, 0.25) is 0 Å². The fraction of sp³-hybridized carbons (Fsp3) is 1.00. The standard InChI is InChI=1S/C12H27N3/c1-10(2)12-9-14(4)5-6-15(12)8-11(3)7-13/h10-12H,5-9,13H2,1-4H3. The number of rotatable bonds is 4. The second-order valence-electron chi connectivity index (χ2n) is 5.41. The number of likely N-dealkylation sites (N-methyl/N-ethyl adjacent to an activating group) is 1. The van der Waals surface area contributed by atoms with E-state index in [1.165, 1.54) is 19.6 Å². The summed E-state index contributed by atoms with van der Waals surface area (Å²) in [5.74, 6) is 1.35. The van der Waals surface area contributed by atoms with Crippen molar-refractivity contribution in [1.82, 2.24) is 9.80 Å². The Hall–Kier alpha value is -0.120. The van der Waals surface area contributed by atoms with Crippen LogP contribution >= 0.6 is 0 Å². The molecule has 0 aromatic rings. The summed E-state index contributed by atoms with van der Waals surface area (Å²) in [6, 6.07) is 0.706. The molecule has 2 unspecified atom stereocenters. The van der Waals surface area contributed by atoms with E-state index >= 15 is 0 Å². The summed E-state index contributed by atoms with van der Waals surface area (Å²) in [6.07, 6.45) is 0. The highest BCUT2D eigenvalue weighted by molar-refractivity contribution is 4.83. The van der Waals surface area contributed by atoms with Gasteiger partial charge >= 0.3 is 0 Å². The van der Waals surface area contributed by atoms with Crippen molar-refractivity contribution in [2.45, 2.75) is 26.8 Å². The van der Waals surface area contributed by atoms with Gasteiger partial charge in [0.15, 0.2) is 0 Å². The molecule has 1 rings (SSSR count). The third-order valence-corrected chi connectivity index (χ3v) is 3.45. The molecule has 0 saturated carbocycles. The Labute approximate surface area is 94.6 Å². The highest BCUT2D eigenvalue weighted by Crippen LogP contribution is 2.17. The third-order valence-electron chi connectivity index (χ3n) is 3.45. The molecule has 0 aromatic heterocycles. The van der Waals surface area contributed by atoms with Crippen LogP contribution in [-0.2, 0) is 0 Å². The molecular weight excluding hydrogens is 186 g/mol. The van der Waals surface area contributed by atoms with Gasteiger partial charge in [-0.1, -0.05) is 20.8 Å². The average Bonchev–Trinajstić information content (AvgIpc) is 2.20. The van der Waals surface area contributed by atoms with Crippen LogP contribution in [0.5, 0.6) is 0 Å². The summed E-state index contributed by atoms with van der Waals surface area (Å²) in [5.41, 5.74) is 5.70. The molecule has 15 heavy (non-hydrogen) atoms. The van der Waals surface area contributed by atoms with Crippen molar-refractivity contribution in [3.63, 3.8) is 0 Å². The maximum atomic E-state index is 5.70. The van der Waals surface area contributed by atoms with E-state index in [0.29, 0.717) is 12.0 Å². The Morgan fingerprint density at radius 1 is 1.27 bits per heavy atom. The van der Waals surface area contributed by atoms with Gasteiger partial charge in [-0.3, -0.25) is 4.90 Å². The molecule has 1 aliphatic heterocycles. The predicted octanol–water partition coefficient (Wildman–Crippen LogP) is 0.853. The Bertz CT molecular complexity index is 182. The average molecular weight is 213 g/mol. The molecule has 0 aliphatic carbocycles. The molecule has 0 spiro atoms. The molecule has 0 aromatic carbocycles. The second kappa shape index (κ2) is 5.83. The minimum Gasteiger partial charge on any atom is -0.330 e. The lowest BCUT2D eigenvalue weighted by Gasteiger charge is -2.43. The van der Waals surface area contributed by atoms with Gasteiger partial charge in [0.1, 0.15) is 0 Å². The van der Waals surface area contributed by atoms with E-state index in [-0.39, 0.29) is 0 Å². The van der Waals surface area contributed by atoms with Crippen molar-refractivity contribution in [3.8, 4) is 0 Å². The maximum Gasteiger partial charge on any atom is 0.0246 e. The molecular formula is C12H27N3. The van der Waals surface area contributed by atoms with Crippen molar-refractivity contribution in [1.29, 1.82) is 0 Å². The Morgan fingerprint density at radius 3 is 2.47 bits per heavy atom. The predicted molar refractivity (Wildman–Crippen MR) is 65.9 cm³/mol. The van der Waals surface area contributed by atoms with Crippen molar-refractivity contribution >= 4 is 0 Å². The molecule has 3 nitrogen and oxygen atoms in total. The number of nitrogens with two attached hydrogens (primary N) is 1. The van der Waals surface area contributed by atoms with E-state index in [2.05, 4.69) is 37.6 Å². The zero-order chi connectivity index (χ0) is 11.4. The topological polar surface area (TPSA) is 32.5 Å². The van der Waals surface area contributed by atoms with Crippen molar-refractivity contribution in [2.75, 3.05) is 39.8 Å². The zero-order valence-electron chi connectivity index (χ0n) is 10.7. The van der Waals surface area contributed by atoms with Gasteiger partial charge in [-0.2, -0.15) is 0 Å². The first-order valence-electron chi connectivity index (χ1n) is 6.17. The maximum absolute atomic E-state index is 5.70. The minimum absolute atomic E-state index is 0.620. The van der Waals surface area contributed by atoms with Crippen LogP contribution in [0.4, 0.5) is 0 Å². The lowest BCUT2D eigenvalue weighted by Crippen LogP contribution is -2.55. The van der Waals surface area contributed by atoms with Gasteiger partial charge in [-0.15, -0.1) is 0 Å². The normalized spacial score (nSPS) is 27.2. The molecule has 1 aliphatic rings. The van der Waals surface area contributed by atoms with E-state index in [9.17, 15) is 0 Å². The van der Waals surface area contributed by atoms with Crippen LogP contribution in [0.25, 0.3) is 0 Å². The molecule has 0 bridgehead atoms. The van der Waals surface area contributed by atoms with E-state index in [4.69, 9.17) is 5.73 Å². The first kappa shape index (κ1) is 12.9. The number of hydrogen-bond acceptors (Lipinski definition) is 3. The van der Waals surface area contributed by atoms with E-state index in [1.807, 2.05) is 0 Å². The van der Waals surface area contributed by atoms with Crippen molar-refractivity contribution in [3.05, 3.63) is 0 Å². The zero-order valence-corrected chi connectivity index (χ0v) is 10.7. The highest BCUT2D eigenvalue weighted by Gasteiger charge is 2.27. The first-order valence-corrected chi connectivity index (χ1v) is 6.17. The molecule has 1 saturated heterocycles. The minimum atomic E-state index is 0.620. The smallest absolute Gasteiger partial charge is 0.0246 e. The summed E-state index contributed by atoms with van der Waals surface area (Å²) in [6.45, 7) is 12.5. The Morgan fingerprint density at radius 2 is 1.93 bits per heavy atom. The van der Waals surface area contributed by atoms with Crippen molar-refractivity contribution in [2.24, 2.45) is 17.6 Å². The number of hydrogen-bond donors (Lipinski definition) is 1. The van der Waals surface area contributed by atoms with Crippen LogP contribution < -0.4 is 5.73 Å². The monoisotopic (exact) mass is 213 g/mol. The van der Waals surface area contributed by atoms with Gasteiger partial charge in [0.05, 0.1) is 0 Å². The molecule has 1 heterocycles. The summed E-state index contributed by atoms with van der Waals surface area (Å²) >= 11 is 0. The third kappa shape index (κ3) is 3.74.